The molecule has 0 saturated heterocycles. The number of nitrogens with one attached hydrogen (secondary N) is 1. The molecule has 1 N–H and O–H groups in total. The lowest BCUT2D eigenvalue weighted by atomic mass is 9.65. The molecule has 1 aliphatic carbocycles. The number of benzene rings is 1. The van der Waals surface area contributed by atoms with Crippen LogP contribution in [0.4, 0.5) is 4.39 Å². The number of hydrogen-bond donors (Lipinski definition) is 1. The van der Waals surface area contributed by atoms with Gasteiger partial charge in [0, 0.05) is 0 Å². The van der Waals surface area contributed by atoms with Crippen molar-refractivity contribution in [3.63, 3.8) is 0 Å². The first kappa shape index (κ1) is 14.5. The zero-order valence-electron chi connectivity index (χ0n) is 12.6. The van der Waals surface area contributed by atoms with Gasteiger partial charge < -0.3 is 5.32 Å². The molecule has 0 bridgehead atoms. The molecule has 106 valence electrons. The van der Waals surface area contributed by atoms with Gasteiger partial charge in [0.1, 0.15) is 5.82 Å². The van der Waals surface area contributed by atoms with E-state index in [-0.39, 0.29) is 5.82 Å². The maximum Gasteiger partial charge on any atom is 0.126 e. The Hall–Kier alpha value is -0.890. The summed E-state index contributed by atoms with van der Waals surface area (Å²) in [5.41, 5.74) is 2.40. The molecule has 0 heterocycles. The molecule has 2 unspecified atom stereocenters. The maximum atomic E-state index is 14.2. The Labute approximate surface area is 116 Å². The highest BCUT2D eigenvalue weighted by Crippen LogP contribution is 2.47. The van der Waals surface area contributed by atoms with Gasteiger partial charge >= 0.3 is 0 Å². The fraction of sp³-hybridized carbons (Fsp3) is 0.647. The van der Waals surface area contributed by atoms with Crippen LogP contribution in [0.25, 0.3) is 0 Å². The quantitative estimate of drug-likeness (QED) is 0.859. The van der Waals surface area contributed by atoms with E-state index in [1.807, 2.05) is 26.1 Å². The minimum Gasteiger partial charge on any atom is -0.319 e. The summed E-state index contributed by atoms with van der Waals surface area (Å²) in [4.78, 5) is 0. The van der Waals surface area contributed by atoms with Crippen LogP contribution in [-0.4, -0.2) is 13.6 Å². The summed E-state index contributed by atoms with van der Waals surface area (Å²) in [7, 11) is 1.99. The van der Waals surface area contributed by atoms with Crippen LogP contribution in [-0.2, 0) is 0 Å². The van der Waals surface area contributed by atoms with E-state index in [9.17, 15) is 4.39 Å². The molecule has 1 nitrogen and oxygen atoms in total. The SMILES string of the molecule is CNCC1CCC(C)(C)CC1c1cc(C)ccc1F. The van der Waals surface area contributed by atoms with Crippen LogP contribution in [0.1, 0.15) is 50.2 Å². The standard InChI is InChI=1S/C17H26FN/c1-12-5-6-16(18)14(9-12)15-10-17(2,3)8-7-13(15)11-19-4/h5-6,9,13,15,19H,7-8,10-11H2,1-4H3. The Morgan fingerprint density at radius 1 is 1.37 bits per heavy atom. The number of rotatable bonds is 3. The lowest BCUT2D eigenvalue weighted by Gasteiger charge is -2.41. The zero-order valence-corrected chi connectivity index (χ0v) is 12.6. The van der Waals surface area contributed by atoms with Crippen molar-refractivity contribution in [1.29, 1.82) is 0 Å². The van der Waals surface area contributed by atoms with E-state index in [0.717, 1.165) is 24.1 Å². The minimum absolute atomic E-state index is 0.0330. The first-order chi connectivity index (χ1) is 8.93. The third-order valence-corrected chi connectivity index (χ3v) is 4.55. The van der Waals surface area contributed by atoms with Crippen molar-refractivity contribution in [2.45, 2.75) is 46.0 Å². The summed E-state index contributed by atoms with van der Waals surface area (Å²) < 4.78 is 14.2. The Bertz CT molecular complexity index is 439. The Morgan fingerprint density at radius 2 is 2.11 bits per heavy atom. The molecule has 0 spiro atoms. The number of hydrogen-bond acceptors (Lipinski definition) is 1. The van der Waals surface area contributed by atoms with Crippen LogP contribution in [0.2, 0.25) is 0 Å². The van der Waals surface area contributed by atoms with Crippen LogP contribution in [0.15, 0.2) is 18.2 Å². The van der Waals surface area contributed by atoms with Gasteiger partial charge in [-0.2, -0.15) is 0 Å². The summed E-state index contributed by atoms with van der Waals surface area (Å²) >= 11 is 0. The van der Waals surface area contributed by atoms with E-state index in [0.29, 0.717) is 17.3 Å². The summed E-state index contributed by atoms with van der Waals surface area (Å²) in [6.45, 7) is 7.64. The van der Waals surface area contributed by atoms with Crippen molar-refractivity contribution >= 4 is 0 Å². The molecule has 1 aromatic carbocycles. The molecule has 1 aromatic rings. The Morgan fingerprint density at radius 3 is 2.79 bits per heavy atom. The normalized spacial score (nSPS) is 26.4. The average molecular weight is 263 g/mol. The van der Waals surface area contributed by atoms with E-state index in [2.05, 4.69) is 19.2 Å². The van der Waals surface area contributed by atoms with Gasteiger partial charge in [-0.1, -0.05) is 31.5 Å². The van der Waals surface area contributed by atoms with Gasteiger partial charge in [0.15, 0.2) is 0 Å². The highest BCUT2D eigenvalue weighted by Gasteiger charge is 2.36. The molecule has 1 aliphatic rings. The molecule has 0 aliphatic heterocycles. The van der Waals surface area contributed by atoms with E-state index >= 15 is 0 Å². The molecule has 2 rings (SSSR count). The first-order valence-electron chi connectivity index (χ1n) is 7.33. The molecule has 1 fully saturated rings. The summed E-state index contributed by atoms with van der Waals surface area (Å²) in [5.74, 6) is 0.861. The predicted molar refractivity (Wildman–Crippen MR) is 78.9 cm³/mol. The fourth-order valence-corrected chi connectivity index (χ4v) is 3.46. The van der Waals surface area contributed by atoms with Crippen molar-refractivity contribution in [3.8, 4) is 0 Å². The summed E-state index contributed by atoms with van der Waals surface area (Å²) in [5, 5.41) is 3.28. The van der Waals surface area contributed by atoms with Gasteiger partial charge in [-0.05, 0) is 68.7 Å². The molecule has 0 aromatic heterocycles. The second kappa shape index (κ2) is 5.62. The highest BCUT2D eigenvalue weighted by molar-refractivity contribution is 5.28. The highest BCUT2D eigenvalue weighted by atomic mass is 19.1. The fourth-order valence-electron chi connectivity index (χ4n) is 3.46. The second-order valence-electron chi connectivity index (χ2n) is 6.86. The van der Waals surface area contributed by atoms with E-state index in [1.54, 1.807) is 6.07 Å². The van der Waals surface area contributed by atoms with Gasteiger partial charge in [0.05, 0.1) is 0 Å². The third-order valence-electron chi connectivity index (χ3n) is 4.55. The van der Waals surface area contributed by atoms with Crippen LogP contribution in [0.5, 0.6) is 0 Å². The molecule has 2 heteroatoms. The minimum atomic E-state index is -0.0330. The maximum absolute atomic E-state index is 14.2. The number of halogens is 1. The Balaban J connectivity index is 2.33. The number of aryl methyl sites for hydroxylation is 1. The molecule has 1 saturated carbocycles. The van der Waals surface area contributed by atoms with Gasteiger partial charge in [-0.15, -0.1) is 0 Å². The largest absolute Gasteiger partial charge is 0.319 e. The summed E-state index contributed by atoms with van der Waals surface area (Å²) in [6.07, 6.45) is 3.51. The van der Waals surface area contributed by atoms with Crippen molar-refractivity contribution in [3.05, 3.63) is 35.1 Å². The molecule has 2 atom stereocenters. The van der Waals surface area contributed by atoms with Crippen molar-refractivity contribution < 1.29 is 4.39 Å². The average Bonchev–Trinajstić information content (AvgIpc) is 2.34. The van der Waals surface area contributed by atoms with Crippen molar-refractivity contribution in [2.24, 2.45) is 11.3 Å². The molecule has 0 radical (unpaired) electrons. The molecular formula is C17H26FN. The smallest absolute Gasteiger partial charge is 0.126 e. The first-order valence-corrected chi connectivity index (χ1v) is 7.33. The predicted octanol–water partition coefficient (Wildman–Crippen LogP) is 4.26. The van der Waals surface area contributed by atoms with Crippen LogP contribution in [0.3, 0.4) is 0 Å². The van der Waals surface area contributed by atoms with E-state index in [1.165, 1.54) is 12.8 Å². The lowest BCUT2D eigenvalue weighted by molar-refractivity contribution is 0.159. The van der Waals surface area contributed by atoms with Crippen LogP contribution in [0, 0.1) is 24.1 Å². The van der Waals surface area contributed by atoms with Gasteiger partial charge in [0.25, 0.3) is 0 Å². The molecule has 0 amide bonds. The Kier molecular flexibility index (Phi) is 4.29. The van der Waals surface area contributed by atoms with Gasteiger partial charge in [-0.3, -0.25) is 0 Å². The second-order valence-corrected chi connectivity index (χ2v) is 6.86. The van der Waals surface area contributed by atoms with Gasteiger partial charge in [0.2, 0.25) is 0 Å². The molecule has 19 heavy (non-hydrogen) atoms. The summed E-state index contributed by atoms with van der Waals surface area (Å²) in [6, 6.07) is 5.53. The van der Waals surface area contributed by atoms with Crippen molar-refractivity contribution in [2.75, 3.05) is 13.6 Å². The molecular weight excluding hydrogens is 237 g/mol. The third kappa shape index (κ3) is 3.36. The zero-order chi connectivity index (χ0) is 14.0. The van der Waals surface area contributed by atoms with Crippen LogP contribution < -0.4 is 5.32 Å². The van der Waals surface area contributed by atoms with E-state index in [4.69, 9.17) is 0 Å². The van der Waals surface area contributed by atoms with Gasteiger partial charge in [-0.25, -0.2) is 4.39 Å². The van der Waals surface area contributed by atoms with E-state index < -0.39 is 0 Å². The van der Waals surface area contributed by atoms with Crippen LogP contribution >= 0.6 is 0 Å². The monoisotopic (exact) mass is 263 g/mol. The lowest BCUT2D eigenvalue weighted by Crippen LogP contribution is -2.34. The van der Waals surface area contributed by atoms with Crippen molar-refractivity contribution in [1.82, 2.24) is 5.32 Å². The topological polar surface area (TPSA) is 12.0 Å².